The van der Waals surface area contributed by atoms with Crippen LogP contribution in [0.3, 0.4) is 0 Å². The smallest absolute Gasteiger partial charge is 0.233 e. The van der Waals surface area contributed by atoms with Crippen LogP contribution in [-0.4, -0.2) is 49.4 Å². The van der Waals surface area contributed by atoms with E-state index in [-0.39, 0.29) is 5.91 Å². The molecular formula is C25H27N5OS2. The lowest BCUT2D eigenvalue weighted by Gasteiger charge is -2.31. The normalized spacial score (nSPS) is 16.4. The highest BCUT2D eigenvalue weighted by molar-refractivity contribution is 7.99. The maximum Gasteiger partial charge on any atom is 0.233 e. The number of nitrogens with zero attached hydrogens (tertiary/aromatic N) is 5. The van der Waals surface area contributed by atoms with E-state index in [1.807, 2.05) is 29.2 Å². The van der Waals surface area contributed by atoms with Crippen LogP contribution in [0.15, 0.2) is 59.8 Å². The number of amides is 1. The molecule has 33 heavy (non-hydrogen) atoms. The average Bonchev–Trinajstić information content (AvgIpc) is 3.47. The van der Waals surface area contributed by atoms with E-state index < -0.39 is 0 Å². The highest BCUT2D eigenvalue weighted by Gasteiger charge is 2.27. The van der Waals surface area contributed by atoms with Gasteiger partial charge in [-0.1, -0.05) is 54.2 Å². The molecule has 8 heteroatoms. The number of thiazole rings is 1. The Hall–Kier alpha value is -2.71. The number of para-hydroxylation sites is 1. The first-order valence-corrected chi connectivity index (χ1v) is 13.2. The Morgan fingerprint density at radius 3 is 2.76 bits per heavy atom. The van der Waals surface area contributed by atoms with Crippen molar-refractivity contribution in [2.45, 2.75) is 43.8 Å². The Balaban J connectivity index is 1.22. The van der Waals surface area contributed by atoms with Gasteiger partial charge in [-0.15, -0.1) is 21.5 Å². The van der Waals surface area contributed by atoms with Gasteiger partial charge < -0.3 is 9.47 Å². The second kappa shape index (κ2) is 10.1. The third kappa shape index (κ3) is 4.96. The van der Waals surface area contributed by atoms with Crippen LogP contribution in [0.1, 0.15) is 42.1 Å². The van der Waals surface area contributed by atoms with Gasteiger partial charge >= 0.3 is 0 Å². The van der Waals surface area contributed by atoms with Crippen LogP contribution in [-0.2, 0) is 17.8 Å². The van der Waals surface area contributed by atoms with E-state index >= 15 is 0 Å². The molecular weight excluding hydrogens is 450 g/mol. The van der Waals surface area contributed by atoms with E-state index in [1.165, 1.54) is 22.0 Å². The molecule has 1 amide bonds. The zero-order valence-corrected chi connectivity index (χ0v) is 20.3. The van der Waals surface area contributed by atoms with Crippen LogP contribution in [0.2, 0.25) is 0 Å². The second-order valence-corrected chi connectivity index (χ2v) is 10.3. The van der Waals surface area contributed by atoms with Crippen LogP contribution in [0.5, 0.6) is 0 Å². The Bertz CT molecular complexity index is 1200. The first-order valence-electron chi connectivity index (χ1n) is 11.4. The third-order valence-corrected chi connectivity index (χ3v) is 8.22. The molecule has 0 bridgehead atoms. The molecule has 0 spiro atoms. The molecule has 3 heterocycles. The number of carbonyl (C=O) groups is 1. The molecule has 170 valence electrons. The summed E-state index contributed by atoms with van der Waals surface area (Å²) in [5.41, 5.74) is 2.27. The minimum absolute atomic E-state index is 0.168. The van der Waals surface area contributed by atoms with Crippen molar-refractivity contribution in [1.29, 1.82) is 0 Å². The summed E-state index contributed by atoms with van der Waals surface area (Å²) in [4.78, 5) is 19.9. The number of hydrogen-bond acceptors (Lipinski definition) is 6. The first-order chi connectivity index (χ1) is 16.2. The molecule has 0 radical (unpaired) electrons. The molecule has 2 aromatic heterocycles. The first kappa shape index (κ1) is 22.1. The summed E-state index contributed by atoms with van der Waals surface area (Å²) < 4.78 is 3.34. The monoisotopic (exact) mass is 477 g/mol. The molecule has 6 nitrogen and oxygen atoms in total. The fraction of sp³-hybridized carbons (Fsp3) is 0.360. The summed E-state index contributed by atoms with van der Waals surface area (Å²) in [6.07, 6.45) is 2.85. The van der Waals surface area contributed by atoms with Gasteiger partial charge in [0, 0.05) is 32.0 Å². The summed E-state index contributed by atoms with van der Waals surface area (Å²) in [5.74, 6) is 1.81. The minimum Gasteiger partial charge on any atom is -0.341 e. The molecule has 1 atom stereocenters. The summed E-state index contributed by atoms with van der Waals surface area (Å²) in [7, 11) is 0. The molecule has 0 unspecified atom stereocenters. The van der Waals surface area contributed by atoms with E-state index in [9.17, 15) is 4.79 Å². The van der Waals surface area contributed by atoms with Crippen LogP contribution >= 0.6 is 23.1 Å². The molecule has 1 aliphatic rings. The SMILES string of the molecule is CCn1c(Cc2ccccc2)nnc1SCC(=O)N1CCC[C@H](c2nc3ccccc3s2)C1. The van der Waals surface area contributed by atoms with Crippen molar-refractivity contribution in [2.75, 3.05) is 18.8 Å². The van der Waals surface area contributed by atoms with Crippen LogP contribution in [0.4, 0.5) is 0 Å². The Morgan fingerprint density at radius 2 is 1.94 bits per heavy atom. The minimum atomic E-state index is 0.168. The summed E-state index contributed by atoms with van der Waals surface area (Å²) >= 11 is 3.25. The largest absolute Gasteiger partial charge is 0.341 e. The number of benzene rings is 2. The standard InChI is InChI=1S/C25H27N5OS2/c1-2-30-22(15-18-9-4-3-5-10-18)27-28-25(30)32-17-23(31)29-14-8-11-19(16-29)24-26-20-12-6-7-13-21(20)33-24/h3-7,9-10,12-13,19H,2,8,11,14-17H2,1H3/t19-/m0/s1. The van der Waals surface area contributed by atoms with Gasteiger partial charge in [-0.05, 0) is 37.5 Å². The van der Waals surface area contributed by atoms with Crippen molar-refractivity contribution in [1.82, 2.24) is 24.6 Å². The summed E-state index contributed by atoms with van der Waals surface area (Å²) in [6.45, 7) is 4.45. The van der Waals surface area contributed by atoms with Gasteiger partial charge in [0.2, 0.25) is 5.91 Å². The number of likely N-dealkylation sites (tertiary alicyclic amines) is 1. The van der Waals surface area contributed by atoms with E-state index in [2.05, 4.69) is 52.0 Å². The van der Waals surface area contributed by atoms with Crippen molar-refractivity contribution < 1.29 is 4.79 Å². The molecule has 1 fully saturated rings. The Labute approximate surface area is 202 Å². The number of rotatable bonds is 7. The van der Waals surface area contributed by atoms with E-state index in [4.69, 9.17) is 4.98 Å². The Morgan fingerprint density at radius 1 is 1.12 bits per heavy atom. The van der Waals surface area contributed by atoms with Gasteiger partial charge in [-0.2, -0.15) is 0 Å². The van der Waals surface area contributed by atoms with Gasteiger partial charge in [0.05, 0.1) is 21.0 Å². The maximum absolute atomic E-state index is 13.0. The van der Waals surface area contributed by atoms with E-state index in [0.717, 1.165) is 60.4 Å². The molecule has 4 aromatic rings. The fourth-order valence-electron chi connectivity index (χ4n) is 4.34. The van der Waals surface area contributed by atoms with Crippen molar-refractivity contribution in [2.24, 2.45) is 0 Å². The quantitative estimate of drug-likeness (QED) is 0.351. The summed E-state index contributed by atoms with van der Waals surface area (Å²) in [6, 6.07) is 18.6. The molecule has 1 saturated heterocycles. The van der Waals surface area contributed by atoms with Crippen LogP contribution < -0.4 is 0 Å². The number of carbonyl (C=O) groups excluding carboxylic acids is 1. The fourth-order valence-corrected chi connectivity index (χ4v) is 6.36. The second-order valence-electron chi connectivity index (χ2n) is 8.29. The lowest BCUT2D eigenvalue weighted by Crippen LogP contribution is -2.40. The van der Waals surface area contributed by atoms with Gasteiger partial charge in [-0.25, -0.2) is 4.98 Å². The molecule has 2 aromatic carbocycles. The maximum atomic E-state index is 13.0. The van der Waals surface area contributed by atoms with Crippen LogP contribution in [0, 0.1) is 0 Å². The van der Waals surface area contributed by atoms with Gasteiger partial charge in [-0.3, -0.25) is 4.79 Å². The predicted molar refractivity (Wildman–Crippen MR) is 134 cm³/mol. The van der Waals surface area contributed by atoms with Crippen molar-refractivity contribution in [3.05, 3.63) is 71.0 Å². The van der Waals surface area contributed by atoms with Gasteiger partial charge in [0.1, 0.15) is 5.82 Å². The van der Waals surface area contributed by atoms with Crippen molar-refractivity contribution in [3.8, 4) is 0 Å². The molecule has 5 rings (SSSR count). The average molecular weight is 478 g/mol. The van der Waals surface area contributed by atoms with Crippen molar-refractivity contribution >= 4 is 39.2 Å². The number of thioether (sulfide) groups is 1. The lowest BCUT2D eigenvalue weighted by molar-refractivity contribution is -0.129. The number of fused-ring (bicyclic) bond motifs is 1. The zero-order chi connectivity index (χ0) is 22.6. The predicted octanol–water partition coefficient (Wildman–Crippen LogP) is 5.00. The number of piperidine rings is 1. The summed E-state index contributed by atoms with van der Waals surface area (Å²) in [5, 5.41) is 10.8. The molecule has 0 N–H and O–H groups in total. The van der Waals surface area contributed by atoms with E-state index in [0.29, 0.717) is 11.7 Å². The third-order valence-electron chi connectivity index (χ3n) is 6.07. The number of hydrogen-bond donors (Lipinski definition) is 0. The van der Waals surface area contributed by atoms with E-state index in [1.54, 1.807) is 11.3 Å². The molecule has 1 aliphatic heterocycles. The lowest BCUT2D eigenvalue weighted by atomic mass is 9.99. The van der Waals surface area contributed by atoms with Crippen LogP contribution in [0.25, 0.3) is 10.2 Å². The highest BCUT2D eigenvalue weighted by Crippen LogP contribution is 2.33. The Kier molecular flexibility index (Phi) is 6.73. The molecule has 0 aliphatic carbocycles. The van der Waals surface area contributed by atoms with Gasteiger partial charge in [0.15, 0.2) is 5.16 Å². The highest BCUT2D eigenvalue weighted by atomic mass is 32.2. The number of aromatic nitrogens is 4. The topological polar surface area (TPSA) is 63.9 Å². The molecule has 0 saturated carbocycles. The van der Waals surface area contributed by atoms with Gasteiger partial charge in [0.25, 0.3) is 0 Å². The zero-order valence-electron chi connectivity index (χ0n) is 18.7. The van der Waals surface area contributed by atoms with Crippen molar-refractivity contribution in [3.63, 3.8) is 0 Å².